The Kier molecular flexibility index (Phi) is 5.61. The highest BCUT2D eigenvalue weighted by Crippen LogP contribution is 2.41. The Morgan fingerprint density at radius 2 is 2.03 bits per heavy atom. The zero-order chi connectivity index (χ0) is 23.1. The lowest BCUT2D eigenvalue weighted by atomic mass is 10.1. The molecule has 2 amide bonds. The number of hydrogen-bond donors (Lipinski definition) is 2. The lowest BCUT2D eigenvalue weighted by molar-refractivity contribution is -0.124. The summed E-state index contributed by atoms with van der Waals surface area (Å²) in [6.45, 7) is 5.25. The van der Waals surface area contributed by atoms with E-state index in [-0.39, 0.29) is 29.2 Å². The van der Waals surface area contributed by atoms with Crippen molar-refractivity contribution in [2.24, 2.45) is 5.92 Å². The lowest BCUT2D eigenvalue weighted by Crippen LogP contribution is -2.46. The summed E-state index contributed by atoms with van der Waals surface area (Å²) >= 11 is 0. The minimum absolute atomic E-state index is 0.150. The molecule has 0 radical (unpaired) electrons. The lowest BCUT2D eigenvalue weighted by Gasteiger charge is -2.36. The van der Waals surface area contributed by atoms with Gasteiger partial charge in [0.15, 0.2) is 11.9 Å². The number of benzene rings is 1. The topological polar surface area (TPSA) is 99.7 Å². The zero-order valence-corrected chi connectivity index (χ0v) is 18.7. The summed E-state index contributed by atoms with van der Waals surface area (Å²) in [6.07, 6.45) is 3.13. The Balaban J connectivity index is 1.23. The van der Waals surface area contributed by atoms with Gasteiger partial charge in [-0.3, -0.25) is 14.5 Å². The molecule has 3 heterocycles. The molecule has 10 heteroatoms. The molecule has 3 aliphatic rings. The maximum Gasteiger partial charge on any atom is 0.288 e. The van der Waals surface area contributed by atoms with Crippen LogP contribution < -0.4 is 20.3 Å². The molecule has 1 aromatic carbocycles. The molecule has 0 bridgehead atoms. The maximum absolute atomic E-state index is 15.2. The molecule has 2 aromatic rings. The van der Waals surface area contributed by atoms with Gasteiger partial charge in [0, 0.05) is 51.3 Å². The van der Waals surface area contributed by atoms with E-state index in [1.807, 2.05) is 6.92 Å². The summed E-state index contributed by atoms with van der Waals surface area (Å²) in [5.41, 5.74) is 2.33. The minimum atomic E-state index is -0.506. The van der Waals surface area contributed by atoms with Crippen molar-refractivity contribution in [1.29, 1.82) is 0 Å². The summed E-state index contributed by atoms with van der Waals surface area (Å²) in [5.74, 6) is -0.188. The summed E-state index contributed by atoms with van der Waals surface area (Å²) in [7, 11) is 1.55. The van der Waals surface area contributed by atoms with Crippen molar-refractivity contribution >= 4 is 23.2 Å². The second-order valence-electron chi connectivity index (χ2n) is 8.78. The number of aryl methyl sites for hydroxylation is 1. The number of carbonyl (C=O) groups excluding carboxylic acids is 2. The van der Waals surface area contributed by atoms with Crippen molar-refractivity contribution in [3.63, 3.8) is 0 Å². The van der Waals surface area contributed by atoms with Crippen LogP contribution in [0.2, 0.25) is 0 Å². The number of rotatable bonds is 5. The number of aromatic nitrogens is 2. The molecule has 1 saturated heterocycles. The van der Waals surface area contributed by atoms with Crippen LogP contribution in [-0.2, 0) is 11.3 Å². The van der Waals surface area contributed by atoms with Crippen LogP contribution in [0.15, 0.2) is 18.3 Å². The molecule has 2 fully saturated rings. The number of fused-ring (bicyclic) bond motifs is 1. The van der Waals surface area contributed by atoms with E-state index in [4.69, 9.17) is 4.74 Å². The van der Waals surface area contributed by atoms with Gasteiger partial charge >= 0.3 is 0 Å². The Morgan fingerprint density at radius 3 is 2.70 bits per heavy atom. The van der Waals surface area contributed by atoms with Crippen molar-refractivity contribution in [1.82, 2.24) is 20.2 Å². The molecule has 1 atom stereocenters. The molecule has 2 aliphatic heterocycles. The molecule has 33 heavy (non-hydrogen) atoms. The van der Waals surface area contributed by atoms with Gasteiger partial charge in [-0.25, -0.2) is 14.4 Å². The normalized spacial score (nSPS) is 20.6. The Hall–Kier alpha value is -3.27. The molecule has 1 aliphatic carbocycles. The average molecular weight is 455 g/mol. The number of hydrogen-bond acceptors (Lipinski definition) is 7. The van der Waals surface area contributed by atoms with Gasteiger partial charge in [0.2, 0.25) is 5.82 Å². The van der Waals surface area contributed by atoms with Gasteiger partial charge < -0.3 is 20.3 Å². The SMILES string of the molecule is CNC(=O)c1ncc(N2CCN(Cc3ccc4c(c3F)NC(=O)[C@H](C3CC3)O4)CC2)c(C)n1. The third kappa shape index (κ3) is 4.22. The van der Waals surface area contributed by atoms with Crippen molar-refractivity contribution in [3.8, 4) is 5.75 Å². The first-order valence-corrected chi connectivity index (χ1v) is 11.3. The van der Waals surface area contributed by atoms with Gasteiger partial charge in [-0.2, -0.15) is 0 Å². The first kappa shape index (κ1) is 21.6. The summed E-state index contributed by atoms with van der Waals surface area (Å²) in [4.78, 5) is 36.9. The highest BCUT2D eigenvalue weighted by atomic mass is 19.1. The second kappa shape index (κ2) is 8.58. The van der Waals surface area contributed by atoms with Gasteiger partial charge in [0.25, 0.3) is 11.8 Å². The van der Waals surface area contributed by atoms with E-state index >= 15 is 4.39 Å². The van der Waals surface area contributed by atoms with E-state index in [0.29, 0.717) is 17.9 Å². The smallest absolute Gasteiger partial charge is 0.288 e. The summed E-state index contributed by atoms with van der Waals surface area (Å²) in [6, 6.07) is 3.50. The third-order valence-corrected chi connectivity index (χ3v) is 6.48. The number of carbonyl (C=O) groups is 2. The van der Waals surface area contributed by atoms with E-state index in [1.54, 1.807) is 25.4 Å². The predicted octanol–water partition coefficient (Wildman–Crippen LogP) is 1.72. The number of nitrogens with zero attached hydrogens (tertiary/aromatic N) is 4. The van der Waals surface area contributed by atoms with Crippen LogP contribution in [0.25, 0.3) is 0 Å². The molecule has 9 nitrogen and oxygen atoms in total. The molecule has 1 aromatic heterocycles. The molecule has 1 saturated carbocycles. The largest absolute Gasteiger partial charge is 0.478 e. The molecule has 2 N–H and O–H groups in total. The Labute approximate surface area is 191 Å². The highest BCUT2D eigenvalue weighted by Gasteiger charge is 2.41. The van der Waals surface area contributed by atoms with Crippen molar-refractivity contribution in [2.45, 2.75) is 32.4 Å². The number of amides is 2. The van der Waals surface area contributed by atoms with Crippen LogP contribution in [-0.4, -0.2) is 66.0 Å². The number of anilines is 2. The Morgan fingerprint density at radius 1 is 1.27 bits per heavy atom. The fourth-order valence-corrected chi connectivity index (χ4v) is 4.41. The van der Waals surface area contributed by atoms with E-state index in [9.17, 15) is 9.59 Å². The van der Waals surface area contributed by atoms with E-state index < -0.39 is 11.9 Å². The highest BCUT2D eigenvalue weighted by molar-refractivity contribution is 5.98. The summed E-state index contributed by atoms with van der Waals surface area (Å²) < 4.78 is 21.0. The van der Waals surface area contributed by atoms with Crippen LogP contribution in [0.1, 0.15) is 34.7 Å². The zero-order valence-electron chi connectivity index (χ0n) is 18.7. The van der Waals surface area contributed by atoms with Crippen LogP contribution in [0, 0.1) is 18.7 Å². The van der Waals surface area contributed by atoms with Gasteiger partial charge in [0.1, 0.15) is 11.4 Å². The minimum Gasteiger partial charge on any atom is -0.478 e. The number of halogens is 1. The molecular weight excluding hydrogens is 427 g/mol. The number of ether oxygens (including phenoxy) is 1. The van der Waals surface area contributed by atoms with Crippen molar-refractivity contribution < 1.29 is 18.7 Å². The van der Waals surface area contributed by atoms with Gasteiger partial charge in [-0.15, -0.1) is 0 Å². The van der Waals surface area contributed by atoms with Crippen LogP contribution >= 0.6 is 0 Å². The molecule has 0 unspecified atom stereocenters. The molecule has 174 valence electrons. The first-order chi connectivity index (χ1) is 15.9. The fourth-order valence-electron chi connectivity index (χ4n) is 4.41. The monoisotopic (exact) mass is 454 g/mol. The molecular formula is C23H27FN6O3. The molecule has 0 spiro atoms. The number of nitrogens with one attached hydrogen (secondary N) is 2. The van der Waals surface area contributed by atoms with Crippen molar-refractivity contribution in [3.05, 3.63) is 41.2 Å². The van der Waals surface area contributed by atoms with Crippen LogP contribution in [0.5, 0.6) is 5.75 Å². The molecule has 5 rings (SSSR count). The second-order valence-corrected chi connectivity index (χ2v) is 8.78. The fraction of sp³-hybridized carbons (Fsp3) is 0.478. The van der Waals surface area contributed by atoms with Gasteiger partial charge in [-0.1, -0.05) is 6.07 Å². The van der Waals surface area contributed by atoms with Crippen molar-refractivity contribution in [2.75, 3.05) is 43.4 Å². The maximum atomic E-state index is 15.2. The first-order valence-electron chi connectivity index (χ1n) is 11.3. The third-order valence-electron chi connectivity index (χ3n) is 6.48. The van der Waals surface area contributed by atoms with Crippen LogP contribution in [0.4, 0.5) is 15.8 Å². The quantitative estimate of drug-likeness (QED) is 0.710. The summed E-state index contributed by atoms with van der Waals surface area (Å²) in [5, 5.41) is 5.25. The van der Waals surface area contributed by atoms with E-state index in [1.165, 1.54) is 0 Å². The average Bonchev–Trinajstić information content (AvgIpc) is 3.66. The standard InChI is InChI=1S/C23H27FN6O3/c1-13-16(11-26-21(27-13)23(32)25-2)30-9-7-29(8-10-30)12-15-5-6-17-19(18(15)24)28-22(31)20(33-17)14-3-4-14/h5-6,11,14,20H,3-4,7-10,12H2,1-2H3,(H,25,32)(H,28,31)/t20-/m0/s1. The van der Waals surface area contributed by atoms with Gasteiger partial charge in [-0.05, 0) is 25.8 Å². The Bertz CT molecular complexity index is 1100. The number of piperazine rings is 1. The van der Waals surface area contributed by atoms with E-state index in [0.717, 1.165) is 50.4 Å². The van der Waals surface area contributed by atoms with Gasteiger partial charge in [0.05, 0.1) is 17.6 Å². The van der Waals surface area contributed by atoms with E-state index in [2.05, 4.69) is 30.4 Å². The van der Waals surface area contributed by atoms with Crippen LogP contribution in [0.3, 0.4) is 0 Å². The predicted molar refractivity (Wildman–Crippen MR) is 120 cm³/mol.